The van der Waals surface area contributed by atoms with E-state index in [1.807, 2.05) is 0 Å². The highest BCUT2D eigenvalue weighted by Gasteiger charge is 2.18. The van der Waals surface area contributed by atoms with Crippen LogP contribution in [-0.2, 0) is 16.4 Å². The van der Waals surface area contributed by atoms with E-state index >= 15 is 0 Å². The van der Waals surface area contributed by atoms with E-state index in [0.29, 0.717) is 17.3 Å². The number of rotatable bonds is 3. The first-order valence-corrected chi connectivity index (χ1v) is 8.43. The molecule has 1 aliphatic rings. The van der Waals surface area contributed by atoms with E-state index < -0.39 is 10.0 Å². The molecule has 1 N–H and O–H groups in total. The van der Waals surface area contributed by atoms with E-state index in [0.717, 1.165) is 17.7 Å². The van der Waals surface area contributed by atoms with Gasteiger partial charge in [0.1, 0.15) is 5.75 Å². The van der Waals surface area contributed by atoms with E-state index in [1.54, 1.807) is 18.2 Å². The van der Waals surface area contributed by atoms with E-state index in [1.165, 1.54) is 18.2 Å². The van der Waals surface area contributed by atoms with Crippen LogP contribution in [0.3, 0.4) is 0 Å². The van der Waals surface area contributed by atoms with Crippen molar-refractivity contribution >= 4 is 38.9 Å². The molecule has 3 rings (SSSR count). The molecule has 0 fully saturated rings. The number of ether oxygens (including phenoxy) is 1. The molecule has 2 aromatic rings. The Morgan fingerprint density at radius 1 is 1.05 bits per heavy atom. The SMILES string of the molecule is O=S(=O)(Nc1ccc2c(c1)CCO2)c1ccc(Cl)c(Cl)c1. The van der Waals surface area contributed by atoms with Gasteiger partial charge in [-0.3, -0.25) is 4.72 Å². The molecule has 0 amide bonds. The molecule has 4 nitrogen and oxygen atoms in total. The molecule has 0 aromatic heterocycles. The van der Waals surface area contributed by atoms with Crippen LogP contribution in [0.5, 0.6) is 5.75 Å². The zero-order valence-corrected chi connectivity index (χ0v) is 13.1. The van der Waals surface area contributed by atoms with Gasteiger partial charge in [0.15, 0.2) is 0 Å². The van der Waals surface area contributed by atoms with Gasteiger partial charge in [-0.1, -0.05) is 23.2 Å². The molecule has 0 aliphatic carbocycles. The standard InChI is InChI=1S/C14H11Cl2NO3S/c15-12-3-2-11(8-13(12)16)21(18,19)17-10-1-4-14-9(7-10)5-6-20-14/h1-4,7-8,17H,5-6H2. The van der Waals surface area contributed by atoms with Crippen molar-refractivity contribution in [2.45, 2.75) is 11.3 Å². The Bertz CT molecular complexity index is 806. The molecule has 0 atom stereocenters. The summed E-state index contributed by atoms with van der Waals surface area (Å²) in [4.78, 5) is 0.0636. The van der Waals surface area contributed by atoms with Crippen molar-refractivity contribution in [3.05, 3.63) is 52.0 Å². The molecule has 21 heavy (non-hydrogen) atoms. The van der Waals surface area contributed by atoms with Crippen LogP contribution in [0.25, 0.3) is 0 Å². The van der Waals surface area contributed by atoms with Crippen molar-refractivity contribution in [2.75, 3.05) is 11.3 Å². The largest absolute Gasteiger partial charge is 0.493 e. The lowest BCUT2D eigenvalue weighted by molar-refractivity contribution is 0.357. The van der Waals surface area contributed by atoms with Crippen LogP contribution in [0.2, 0.25) is 10.0 Å². The van der Waals surface area contributed by atoms with Crippen molar-refractivity contribution < 1.29 is 13.2 Å². The molecule has 2 aromatic carbocycles. The summed E-state index contributed by atoms with van der Waals surface area (Å²) in [6.45, 7) is 0.623. The zero-order chi connectivity index (χ0) is 15.0. The maximum Gasteiger partial charge on any atom is 0.261 e. The van der Waals surface area contributed by atoms with Gasteiger partial charge in [-0.25, -0.2) is 8.42 Å². The first-order valence-electron chi connectivity index (χ1n) is 6.19. The topological polar surface area (TPSA) is 55.4 Å². The summed E-state index contributed by atoms with van der Waals surface area (Å²) < 4.78 is 32.6. The summed E-state index contributed by atoms with van der Waals surface area (Å²) >= 11 is 11.7. The second-order valence-corrected chi connectivity index (χ2v) is 7.10. The van der Waals surface area contributed by atoms with Gasteiger partial charge in [0.2, 0.25) is 0 Å². The average molecular weight is 344 g/mol. The number of sulfonamides is 1. The number of anilines is 1. The molecule has 0 bridgehead atoms. The van der Waals surface area contributed by atoms with Crippen LogP contribution in [0.4, 0.5) is 5.69 Å². The highest BCUT2D eigenvalue weighted by atomic mass is 35.5. The highest BCUT2D eigenvalue weighted by Crippen LogP contribution is 2.30. The first kappa shape index (κ1) is 14.5. The average Bonchev–Trinajstić information content (AvgIpc) is 2.88. The molecule has 0 saturated heterocycles. The molecule has 0 unspecified atom stereocenters. The maximum atomic E-state index is 12.3. The molecule has 0 saturated carbocycles. The van der Waals surface area contributed by atoms with Crippen LogP contribution in [0, 0.1) is 0 Å². The summed E-state index contributed by atoms with van der Waals surface area (Å²) in [5.41, 5.74) is 1.48. The molecule has 0 radical (unpaired) electrons. The van der Waals surface area contributed by atoms with E-state index in [9.17, 15) is 8.42 Å². The van der Waals surface area contributed by atoms with Gasteiger partial charge in [-0.2, -0.15) is 0 Å². The Morgan fingerprint density at radius 3 is 2.62 bits per heavy atom. The molecule has 1 heterocycles. The number of nitrogens with one attached hydrogen (secondary N) is 1. The minimum Gasteiger partial charge on any atom is -0.493 e. The monoisotopic (exact) mass is 343 g/mol. The molecule has 110 valence electrons. The van der Waals surface area contributed by atoms with Crippen molar-refractivity contribution in [3.63, 3.8) is 0 Å². The summed E-state index contributed by atoms with van der Waals surface area (Å²) in [5.74, 6) is 0.799. The number of fused-ring (bicyclic) bond motifs is 1. The van der Waals surface area contributed by atoms with Crippen molar-refractivity contribution in [1.82, 2.24) is 0 Å². The lowest BCUT2D eigenvalue weighted by Crippen LogP contribution is -2.13. The van der Waals surface area contributed by atoms with Gasteiger partial charge in [0.05, 0.1) is 21.5 Å². The van der Waals surface area contributed by atoms with Gasteiger partial charge in [-0.05, 0) is 42.0 Å². The van der Waals surface area contributed by atoms with E-state index in [-0.39, 0.29) is 9.92 Å². The number of hydrogen-bond donors (Lipinski definition) is 1. The Labute approximate surface area is 132 Å². The third-order valence-corrected chi connectivity index (χ3v) is 5.26. The van der Waals surface area contributed by atoms with Gasteiger partial charge in [0, 0.05) is 12.1 Å². The fourth-order valence-corrected chi connectivity index (χ4v) is 3.55. The minimum absolute atomic E-state index is 0.0636. The third kappa shape index (κ3) is 2.95. The summed E-state index contributed by atoms with van der Waals surface area (Å²) in [6, 6.07) is 9.39. The molecule has 7 heteroatoms. The number of halogens is 2. The fourth-order valence-electron chi connectivity index (χ4n) is 2.11. The van der Waals surface area contributed by atoms with E-state index in [2.05, 4.69) is 4.72 Å². The van der Waals surface area contributed by atoms with Crippen molar-refractivity contribution in [2.24, 2.45) is 0 Å². The number of hydrogen-bond acceptors (Lipinski definition) is 3. The Kier molecular flexibility index (Phi) is 3.73. The van der Waals surface area contributed by atoms with Crippen LogP contribution in [0.1, 0.15) is 5.56 Å². The molecular weight excluding hydrogens is 333 g/mol. The van der Waals surface area contributed by atoms with Gasteiger partial charge < -0.3 is 4.74 Å². The van der Waals surface area contributed by atoms with Crippen molar-refractivity contribution in [3.8, 4) is 5.75 Å². The fraction of sp³-hybridized carbons (Fsp3) is 0.143. The first-order chi connectivity index (χ1) is 9.95. The third-order valence-electron chi connectivity index (χ3n) is 3.14. The highest BCUT2D eigenvalue weighted by molar-refractivity contribution is 7.92. The lowest BCUT2D eigenvalue weighted by atomic mass is 10.1. The van der Waals surface area contributed by atoms with E-state index in [4.69, 9.17) is 27.9 Å². The van der Waals surface area contributed by atoms with Crippen LogP contribution >= 0.6 is 23.2 Å². The molecule has 0 spiro atoms. The zero-order valence-electron chi connectivity index (χ0n) is 10.8. The second-order valence-electron chi connectivity index (χ2n) is 4.60. The maximum absolute atomic E-state index is 12.3. The Morgan fingerprint density at radius 2 is 1.86 bits per heavy atom. The minimum atomic E-state index is -3.70. The molecule has 1 aliphatic heterocycles. The quantitative estimate of drug-likeness (QED) is 0.923. The number of benzene rings is 2. The Balaban J connectivity index is 1.90. The summed E-state index contributed by atoms with van der Waals surface area (Å²) in [7, 11) is -3.70. The van der Waals surface area contributed by atoms with Crippen LogP contribution in [0.15, 0.2) is 41.3 Å². The summed E-state index contributed by atoms with van der Waals surface area (Å²) in [6.07, 6.45) is 0.775. The Hall–Kier alpha value is -1.43. The lowest BCUT2D eigenvalue weighted by Gasteiger charge is -2.10. The van der Waals surface area contributed by atoms with Gasteiger partial charge in [-0.15, -0.1) is 0 Å². The van der Waals surface area contributed by atoms with Crippen LogP contribution in [-0.4, -0.2) is 15.0 Å². The van der Waals surface area contributed by atoms with Crippen molar-refractivity contribution in [1.29, 1.82) is 0 Å². The predicted octanol–water partition coefficient (Wildman–Crippen LogP) is 3.73. The normalized spacial score (nSPS) is 13.6. The smallest absolute Gasteiger partial charge is 0.261 e. The second kappa shape index (κ2) is 5.40. The molecular formula is C14H11Cl2NO3S. The van der Waals surface area contributed by atoms with Gasteiger partial charge >= 0.3 is 0 Å². The summed E-state index contributed by atoms with van der Waals surface area (Å²) in [5, 5.41) is 0.507. The van der Waals surface area contributed by atoms with Crippen LogP contribution < -0.4 is 9.46 Å². The van der Waals surface area contributed by atoms with Gasteiger partial charge in [0.25, 0.3) is 10.0 Å². The predicted molar refractivity (Wildman–Crippen MR) is 82.9 cm³/mol.